The fourth-order valence-corrected chi connectivity index (χ4v) is 2.82. The third-order valence-corrected chi connectivity index (χ3v) is 3.56. The lowest BCUT2D eigenvalue weighted by atomic mass is 9.93. The first-order chi connectivity index (χ1) is 6.81. The molecule has 1 heterocycles. The molecule has 14 heavy (non-hydrogen) atoms. The number of Topliss-reactive ketones (excluding diaryl/α,β-unsaturated/α-hetero) is 1. The van der Waals surface area contributed by atoms with E-state index in [1.165, 1.54) is 6.42 Å². The summed E-state index contributed by atoms with van der Waals surface area (Å²) in [6, 6.07) is 0.752. The van der Waals surface area contributed by atoms with E-state index in [0.29, 0.717) is 17.9 Å². The minimum absolute atomic E-state index is 0.255. The molecule has 3 nitrogen and oxygen atoms in total. The first kappa shape index (κ1) is 10.1. The van der Waals surface area contributed by atoms with Crippen molar-refractivity contribution in [3.63, 3.8) is 0 Å². The second-order valence-corrected chi connectivity index (χ2v) is 4.51. The maximum Gasteiger partial charge on any atom is 0.134 e. The topological polar surface area (TPSA) is 40.5 Å². The molecule has 1 N–H and O–H groups in total. The molecule has 0 aromatic carbocycles. The van der Waals surface area contributed by atoms with Crippen molar-refractivity contribution in [1.82, 2.24) is 4.90 Å². The van der Waals surface area contributed by atoms with Crippen LogP contribution in [-0.4, -0.2) is 41.0 Å². The molecular formula is C11H19NO2. The normalized spacial score (nSPS) is 35.1. The average Bonchev–Trinajstić information content (AvgIpc) is 2.65. The number of aliphatic hydroxyl groups excluding tert-OH is 1. The molecule has 80 valence electrons. The van der Waals surface area contributed by atoms with Crippen LogP contribution in [0.2, 0.25) is 0 Å². The Morgan fingerprint density at radius 3 is 2.93 bits per heavy atom. The van der Waals surface area contributed by atoms with E-state index < -0.39 is 0 Å². The lowest BCUT2D eigenvalue weighted by molar-refractivity contribution is -0.122. The van der Waals surface area contributed by atoms with Crippen molar-refractivity contribution in [2.24, 2.45) is 0 Å². The number of ketones is 1. The number of hydrogen-bond donors (Lipinski definition) is 1. The number of carbonyl (C=O) groups excluding carboxylic acids is 1. The van der Waals surface area contributed by atoms with Gasteiger partial charge in [0.25, 0.3) is 0 Å². The van der Waals surface area contributed by atoms with E-state index in [9.17, 15) is 9.90 Å². The van der Waals surface area contributed by atoms with Gasteiger partial charge < -0.3 is 5.11 Å². The van der Waals surface area contributed by atoms with Crippen LogP contribution in [0.3, 0.4) is 0 Å². The minimum Gasteiger partial charge on any atom is -0.395 e. The molecule has 0 aromatic heterocycles. The molecule has 2 fully saturated rings. The van der Waals surface area contributed by atoms with E-state index in [1.807, 2.05) is 0 Å². The summed E-state index contributed by atoms with van der Waals surface area (Å²) in [5, 5.41) is 9.21. The number of likely N-dealkylation sites (tertiary alicyclic amines) is 1. The zero-order valence-electron chi connectivity index (χ0n) is 8.61. The van der Waals surface area contributed by atoms with Crippen molar-refractivity contribution < 1.29 is 9.90 Å². The number of hydrogen-bond acceptors (Lipinski definition) is 3. The SMILES string of the molecule is O=C1CCCC(N2CCCC2CO)C1. The zero-order chi connectivity index (χ0) is 9.97. The summed E-state index contributed by atoms with van der Waals surface area (Å²) in [5.74, 6) is 0.407. The number of aliphatic hydroxyl groups is 1. The molecule has 3 heteroatoms. The first-order valence-electron chi connectivity index (χ1n) is 5.69. The zero-order valence-corrected chi connectivity index (χ0v) is 8.61. The van der Waals surface area contributed by atoms with Gasteiger partial charge in [-0.1, -0.05) is 0 Å². The average molecular weight is 197 g/mol. The maximum absolute atomic E-state index is 11.3. The Hall–Kier alpha value is -0.410. The van der Waals surface area contributed by atoms with Gasteiger partial charge in [0.05, 0.1) is 6.61 Å². The van der Waals surface area contributed by atoms with Gasteiger partial charge in [-0.2, -0.15) is 0 Å². The van der Waals surface area contributed by atoms with Gasteiger partial charge >= 0.3 is 0 Å². The smallest absolute Gasteiger partial charge is 0.134 e. The first-order valence-corrected chi connectivity index (χ1v) is 5.69. The molecular weight excluding hydrogens is 178 g/mol. The largest absolute Gasteiger partial charge is 0.395 e. The third kappa shape index (κ3) is 1.98. The Morgan fingerprint density at radius 1 is 1.36 bits per heavy atom. The van der Waals surface area contributed by atoms with Crippen LogP contribution >= 0.6 is 0 Å². The second-order valence-electron chi connectivity index (χ2n) is 4.51. The van der Waals surface area contributed by atoms with Gasteiger partial charge in [-0.3, -0.25) is 9.69 Å². The standard InChI is InChI=1S/C11H19NO2/c13-8-10-4-2-6-12(10)9-3-1-5-11(14)7-9/h9-10,13H,1-8H2. The van der Waals surface area contributed by atoms with Crippen LogP contribution in [0.4, 0.5) is 0 Å². The van der Waals surface area contributed by atoms with Gasteiger partial charge in [0.2, 0.25) is 0 Å². The minimum atomic E-state index is 0.255. The third-order valence-electron chi connectivity index (χ3n) is 3.56. The van der Waals surface area contributed by atoms with E-state index in [0.717, 1.165) is 38.6 Å². The molecule has 1 saturated carbocycles. The van der Waals surface area contributed by atoms with Crippen molar-refractivity contribution in [3.8, 4) is 0 Å². The van der Waals surface area contributed by atoms with Crippen LogP contribution in [0.1, 0.15) is 38.5 Å². The monoisotopic (exact) mass is 197 g/mol. The Bertz CT molecular complexity index is 217. The van der Waals surface area contributed by atoms with Crippen molar-refractivity contribution in [2.45, 2.75) is 50.6 Å². The van der Waals surface area contributed by atoms with E-state index in [-0.39, 0.29) is 6.61 Å². The molecule has 0 spiro atoms. The van der Waals surface area contributed by atoms with Gasteiger partial charge in [0, 0.05) is 24.9 Å². The fraction of sp³-hybridized carbons (Fsp3) is 0.909. The van der Waals surface area contributed by atoms with Crippen LogP contribution in [0.5, 0.6) is 0 Å². The highest BCUT2D eigenvalue weighted by Crippen LogP contribution is 2.27. The quantitative estimate of drug-likeness (QED) is 0.716. The molecule has 2 aliphatic rings. The van der Waals surface area contributed by atoms with Crippen molar-refractivity contribution in [1.29, 1.82) is 0 Å². The predicted molar refractivity (Wildman–Crippen MR) is 54.1 cm³/mol. The van der Waals surface area contributed by atoms with Gasteiger partial charge in [-0.05, 0) is 32.2 Å². The summed E-state index contributed by atoms with van der Waals surface area (Å²) in [7, 11) is 0. The number of rotatable bonds is 2. The van der Waals surface area contributed by atoms with Gasteiger partial charge in [0.1, 0.15) is 5.78 Å². The molecule has 1 aliphatic carbocycles. The Kier molecular flexibility index (Phi) is 3.19. The molecule has 1 saturated heterocycles. The lowest BCUT2D eigenvalue weighted by Crippen LogP contribution is -2.43. The van der Waals surface area contributed by atoms with Crippen molar-refractivity contribution in [2.75, 3.05) is 13.2 Å². The molecule has 0 aromatic rings. The summed E-state index contributed by atoms with van der Waals surface area (Å²) in [6.07, 6.45) is 5.95. The van der Waals surface area contributed by atoms with E-state index in [1.54, 1.807) is 0 Å². The highest BCUT2D eigenvalue weighted by atomic mass is 16.3. The van der Waals surface area contributed by atoms with Crippen molar-refractivity contribution >= 4 is 5.78 Å². The summed E-state index contributed by atoms with van der Waals surface area (Å²) < 4.78 is 0. The maximum atomic E-state index is 11.3. The molecule has 2 atom stereocenters. The van der Waals surface area contributed by atoms with Gasteiger partial charge in [-0.15, -0.1) is 0 Å². The molecule has 0 amide bonds. The summed E-state index contributed by atoms with van der Waals surface area (Å²) >= 11 is 0. The van der Waals surface area contributed by atoms with Crippen molar-refractivity contribution in [3.05, 3.63) is 0 Å². The molecule has 0 radical (unpaired) electrons. The van der Waals surface area contributed by atoms with Crippen LogP contribution in [0.25, 0.3) is 0 Å². The molecule has 0 bridgehead atoms. The van der Waals surface area contributed by atoms with E-state index >= 15 is 0 Å². The summed E-state index contributed by atoms with van der Waals surface area (Å²) in [6.45, 7) is 1.33. The summed E-state index contributed by atoms with van der Waals surface area (Å²) in [4.78, 5) is 13.7. The van der Waals surface area contributed by atoms with Gasteiger partial charge in [0.15, 0.2) is 0 Å². The van der Waals surface area contributed by atoms with E-state index in [2.05, 4.69) is 4.90 Å². The van der Waals surface area contributed by atoms with E-state index in [4.69, 9.17) is 0 Å². The predicted octanol–water partition coefficient (Wildman–Crippen LogP) is 0.955. The Balaban J connectivity index is 1.95. The number of carbonyl (C=O) groups is 1. The van der Waals surface area contributed by atoms with Crippen LogP contribution in [0, 0.1) is 0 Å². The summed E-state index contributed by atoms with van der Waals surface area (Å²) in [5.41, 5.74) is 0. The highest BCUT2D eigenvalue weighted by molar-refractivity contribution is 5.79. The van der Waals surface area contributed by atoms with Gasteiger partial charge in [-0.25, -0.2) is 0 Å². The van der Waals surface area contributed by atoms with Crippen LogP contribution in [-0.2, 0) is 4.79 Å². The second kappa shape index (κ2) is 4.41. The fourth-order valence-electron chi connectivity index (χ4n) is 2.82. The molecule has 2 rings (SSSR count). The van der Waals surface area contributed by atoms with Crippen LogP contribution in [0.15, 0.2) is 0 Å². The Morgan fingerprint density at radius 2 is 2.21 bits per heavy atom. The number of nitrogens with zero attached hydrogens (tertiary/aromatic N) is 1. The van der Waals surface area contributed by atoms with Crippen LogP contribution < -0.4 is 0 Å². The molecule has 2 unspecified atom stereocenters. The molecule has 1 aliphatic heterocycles. The Labute approximate surface area is 85.1 Å². The highest BCUT2D eigenvalue weighted by Gasteiger charge is 2.32. The lowest BCUT2D eigenvalue weighted by Gasteiger charge is -2.34.